The first-order chi connectivity index (χ1) is 11.6. The van der Waals surface area contributed by atoms with Crippen LogP contribution in [0.15, 0.2) is 41.3 Å². The lowest BCUT2D eigenvalue weighted by Crippen LogP contribution is -2.29. The Kier molecular flexibility index (Phi) is 4.91. The topological polar surface area (TPSA) is 103 Å². The van der Waals surface area contributed by atoms with Gasteiger partial charge in [-0.25, -0.2) is 4.79 Å². The van der Waals surface area contributed by atoms with Crippen LogP contribution >= 0.6 is 11.6 Å². The van der Waals surface area contributed by atoms with Crippen LogP contribution in [0, 0.1) is 0 Å². The fourth-order valence-corrected chi connectivity index (χ4v) is 2.30. The van der Waals surface area contributed by atoms with Crippen LogP contribution in [-0.4, -0.2) is 40.1 Å². The molecule has 1 aliphatic rings. The summed E-state index contributed by atoms with van der Waals surface area (Å²) in [5.41, 5.74) is -0.209. The van der Waals surface area contributed by atoms with Gasteiger partial charge in [0.25, 0.3) is 5.91 Å². The standard InChI is InChI=1S/C15H14ClN3O5/c16-10-3-1-9(2-4-10)14(21)17-11-5-6-19(15(22)18-11)12-8-23-13(7-20)24-12/h1-6,12-13,20H,7-8H2,(H,17,18,21,22)/t12-,13-/m0/s1. The number of rotatable bonds is 4. The number of anilines is 1. The molecule has 0 radical (unpaired) electrons. The summed E-state index contributed by atoms with van der Waals surface area (Å²) < 4.78 is 11.7. The quantitative estimate of drug-likeness (QED) is 0.852. The van der Waals surface area contributed by atoms with Crippen LogP contribution in [0.4, 0.5) is 5.82 Å². The number of aliphatic hydroxyl groups is 1. The smallest absolute Gasteiger partial charge is 0.351 e. The van der Waals surface area contributed by atoms with Crippen LogP contribution in [0.1, 0.15) is 16.6 Å². The van der Waals surface area contributed by atoms with Gasteiger partial charge < -0.3 is 19.9 Å². The molecule has 24 heavy (non-hydrogen) atoms. The predicted molar refractivity (Wildman–Crippen MR) is 84.9 cm³/mol. The molecule has 1 saturated heterocycles. The molecule has 1 aromatic heterocycles. The molecule has 3 rings (SSSR count). The van der Waals surface area contributed by atoms with Crippen LogP contribution in [-0.2, 0) is 9.47 Å². The third-order valence-electron chi connectivity index (χ3n) is 3.37. The second-order valence-electron chi connectivity index (χ2n) is 5.00. The van der Waals surface area contributed by atoms with Gasteiger partial charge in [0.15, 0.2) is 12.5 Å². The number of benzene rings is 1. The molecule has 1 aliphatic heterocycles. The molecule has 0 spiro atoms. The van der Waals surface area contributed by atoms with Gasteiger partial charge in [-0.1, -0.05) is 11.6 Å². The van der Waals surface area contributed by atoms with Gasteiger partial charge in [0.05, 0.1) is 13.2 Å². The Morgan fingerprint density at radius 1 is 1.38 bits per heavy atom. The second-order valence-corrected chi connectivity index (χ2v) is 5.44. The average Bonchev–Trinajstić information content (AvgIpc) is 3.04. The number of carbonyl (C=O) groups is 1. The molecule has 1 aromatic carbocycles. The highest BCUT2D eigenvalue weighted by atomic mass is 35.5. The highest BCUT2D eigenvalue weighted by Crippen LogP contribution is 2.19. The zero-order chi connectivity index (χ0) is 17.1. The summed E-state index contributed by atoms with van der Waals surface area (Å²) in [4.78, 5) is 28.0. The van der Waals surface area contributed by atoms with Crippen molar-refractivity contribution in [2.75, 3.05) is 18.5 Å². The van der Waals surface area contributed by atoms with Gasteiger partial charge in [-0.05, 0) is 30.3 Å². The molecule has 2 heterocycles. The fraction of sp³-hybridized carbons (Fsp3) is 0.267. The molecule has 1 fully saturated rings. The molecule has 1 amide bonds. The van der Waals surface area contributed by atoms with Gasteiger partial charge in [-0.2, -0.15) is 4.98 Å². The lowest BCUT2D eigenvalue weighted by atomic mass is 10.2. The summed E-state index contributed by atoms with van der Waals surface area (Å²) >= 11 is 5.77. The van der Waals surface area contributed by atoms with Gasteiger partial charge in [-0.3, -0.25) is 9.36 Å². The van der Waals surface area contributed by atoms with E-state index in [-0.39, 0.29) is 19.0 Å². The first-order valence-electron chi connectivity index (χ1n) is 7.11. The molecule has 2 N–H and O–H groups in total. The van der Waals surface area contributed by atoms with E-state index in [1.165, 1.54) is 16.8 Å². The third kappa shape index (κ3) is 3.62. The van der Waals surface area contributed by atoms with E-state index in [9.17, 15) is 9.59 Å². The molecule has 0 bridgehead atoms. The number of hydrogen-bond donors (Lipinski definition) is 2. The van der Waals surface area contributed by atoms with Gasteiger partial charge in [-0.15, -0.1) is 0 Å². The maximum absolute atomic E-state index is 12.1. The van der Waals surface area contributed by atoms with Gasteiger partial charge in [0.1, 0.15) is 5.82 Å². The Balaban J connectivity index is 1.72. The van der Waals surface area contributed by atoms with E-state index in [0.717, 1.165) is 0 Å². The average molecular weight is 352 g/mol. The van der Waals surface area contributed by atoms with E-state index in [4.69, 9.17) is 26.2 Å². The number of nitrogens with zero attached hydrogens (tertiary/aromatic N) is 2. The second kappa shape index (κ2) is 7.10. The van der Waals surface area contributed by atoms with E-state index in [0.29, 0.717) is 10.6 Å². The minimum atomic E-state index is -0.758. The molecule has 0 unspecified atom stereocenters. The van der Waals surface area contributed by atoms with Crippen molar-refractivity contribution in [3.63, 3.8) is 0 Å². The van der Waals surface area contributed by atoms with Crippen LogP contribution in [0.3, 0.4) is 0 Å². The van der Waals surface area contributed by atoms with Crippen LogP contribution < -0.4 is 11.0 Å². The summed E-state index contributed by atoms with van der Waals surface area (Å²) in [5, 5.41) is 12.0. The summed E-state index contributed by atoms with van der Waals surface area (Å²) in [6, 6.07) is 7.80. The molecule has 2 atom stereocenters. The Bertz CT molecular complexity index is 792. The third-order valence-corrected chi connectivity index (χ3v) is 3.62. The molecular weight excluding hydrogens is 338 g/mol. The van der Waals surface area contributed by atoms with E-state index in [1.54, 1.807) is 24.3 Å². The number of aromatic nitrogens is 2. The summed E-state index contributed by atoms with van der Waals surface area (Å²) in [7, 11) is 0. The van der Waals surface area contributed by atoms with Crippen LogP contribution in [0.5, 0.6) is 0 Å². The largest absolute Gasteiger partial charge is 0.391 e. The maximum Gasteiger partial charge on any atom is 0.351 e. The minimum Gasteiger partial charge on any atom is -0.391 e. The SMILES string of the molecule is O=C(Nc1ccn([C@@H]2CO[C@H](CO)O2)c(=O)n1)c1ccc(Cl)cc1. The first-order valence-corrected chi connectivity index (χ1v) is 7.48. The van der Waals surface area contributed by atoms with E-state index >= 15 is 0 Å². The number of nitrogens with one attached hydrogen (secondary N) is 1. The van der Waals surface area contributed by atoms with E-state index in [1.807, 2.05) is 0 Å². The fourth-order valence-electron chi connectivity index (χ4n) is 2.18. The van der Waals surface area contributed by atoms with Crippen molar-refractivity contribution in [3.05, 3.63) is 57.6 Å². The van der Waals surface area contributed by atoms with E-state index < -0.39 is 24.1 Å². The monoisotopic (exact) mass is 351 g/mol. The Morgan fingerprint density at radius 2 is 2.12 bits per heavy atom. The molecule has 0 saturated carbocycles. The number of amides is 1. The normalized spacial score (nSPS) is 20.1. The number of aliphatic hydroxyl groups excluding tert-OH is 1. The predicted octanol–water partition coefficient (Wildman–Crippen LogP) is 1.01. The highest BCUT2D eigenvalue weighted by molar-refractivity contribution is 6.30. The highest BCUT2D eigenvalue weighted by Gasteiger charge is 2.27. The molecule has 126 valence electrons. The van der Waals surface area contributed by atoms with Crippen LogP contribution in [0.25, 0.3) is 0 Å². The molecule has 0 aliphatic carbocycles. The van der Waals surface area contributed by atoms with Gasteiger partial charge >= 0.3 is 5.69 Å². The van der Waals surface area contributed by atoms with Crippen molar-refractivity contribution in [1.82, 2.24) is 9.55 Å². The van der Waals surface area contributed by atoms with E-state index in [2.05, 4.69) is 10.3 Å². The van der Waals surface area contributed by atoms with Crippen molar-refractivity contribution >= 4 is 23.3 Å². The summed E-state index contributed by atoms with van der Waals surface area (Å²) in [6.07, 6.45) is 0.0231. The maximum atomic E-state index is 12.1. The Morgan fingerprint density at radius 3 is 2.75 bits per heavy atom. The van der Waals surface area contributed by atoms with Crippen molar-refractivity contribution in [1.29, 1.82) is 0 Å². The zero-order valence-corrected chi connectivity index (χ0v) is 13.1. The number of hydrogen-bond acceptors (Lipinski definition) is 6. The molecule has 9 heteroatoms. The molecule has 2 aromatic rings. The lowest BCUT2D eigenvalue weighted by Gasteiger charge is -2.12. The Labute approximate surface area is 141 Å². The molecule has 8 nitrogen and oxygen atoms in total. The van der Waals surface area contributed by atoms with Gasteiger partial charge in [0, 0.05) is 16.8 Å². The number of carbonyl (C=O) groups excluding carboxylic acids is 1. The number of halogens is 1. The van der Waals surface area contributed by atoms with Crippen molar-refractivity contribution in [2.24, 2.45) is 0 Å². The minimum absolute atomic E-state index is 0.119. The summed E-state index contributed by atoms with van der Waals surface area (Å²) in [6.45, 7) is -0.169. The van der Waals surface area contributed by atoms with Crippen molar-refractivity contribution < 1.29 is 19.4 Å². The van der Waals surface area contributed by atoms with Crippen LogP contribution in [0.2, 0.25) is 5.02 Å². The zero-order valence-electron chi connectivity index (χ0n) is 12.4. The lowest BCUT2D eigenvalue weighted by molar-refractivity contribution is -0.0992. The van der Waals surface area contributed by atoms with Gasteiger partial charge in [0.2, 0.25) is 0 Å². The first kappa shape index (κ1) is 16.6. The number of ether oxygens (including phenoxy) is 2. The Hall–Kier alpha value is -2.26. The molecular formula is C15H14ClN3O5. The van der Waals surface area contributed by atoms with Crippen molar-refractivity contribution in [3.8, 4) is 0 Å². The summed E-state index contributed by atoms with van der Waals surface area (Å²) in [5.74, 6) is -0.286. The van der Waals surface area contributed by atoms with Crippen molar-refractivity contribution in [2.45, 2.75) is 12.5 Å².